The second-order valence-corrected chi connectivity index (χ2v) is 9.35. The van der Waals surface area contributed by atoms with E-state index in [0.717, 1.165) is 38.7 Å². The number of ketones is 1. The summed E-state index contributed by atoms with van der Waals surface area (Å²) < 4.78 is 1.87. The molecule has 180 valence electrons. The van der Waals surface area contributed by atoms with Gasteiger partial charge in [0.05, 0.1) is 11.4 Å². The summed E-state index contributed by atoms with van der Waals surface area (Å²) in [4.78, 5) is 54.0. The summed E-state index contributed by atoms with van der Waals surface area (Å²) in [5.41, 5.74) is 3.09. The van der Waals surface area contributed by atoms with E-state index in [1.54, 1.807) is 23.1 Å². The third-order valence-electron chi connectivity index (χ3n) is 6.08. The van der Waals surface area contributed by atoms with Crippen LogP contribution in [0, 0.1) is 6.92 Å². The smallest absolute Gasteiger partial charge is 0.293 e. The number of thioether (sulfide) groups is 1. The Kier molecular flexibility index (Phi) is 7.21. The molecule has 1 aromatic heterocycles. The van der Waals surface area contributed by atoms with Gasteiger partial charge in [0, 0.05) is 41.3 Å². The maximum absolute atomic E-state index is 13.0. The van der Waals surface area contributed by atoms with E-state index in [1.165, 1.54) is 0 Å². The number of likely N-dealkylation sites (N-methyl/N-ethyl adjacent to an activating group) is 1. The Balaban J connectivity index is 1.59. The minimum absolute atomic E-state index is 0.0113. The van der Waals surface area contributed by atoms with Crippen molar-refractivity contribution in [3.8, 4) is 0 Å². The molecule has 0 radical (unpaired) electrons. The Bertz CT molecular complexity index is 1340. The Morgan fingerprint density at radius 2 is 1.66 bits per heavy atom. The van der Waals surface area contributed by atoms with Crippen LogP contribution < -0.4 is 0 Å². The van der Waals surface area contributed by atoms with E-state index in [9.17, 15) is 19.2 Å². The molecule has 2 heterocycles. The number of imide groups is 1. The SMILES string of the molecule is CCN(CC)C(=O)Cn1cc(/C=C2\SC(=O)N(CC(=O)c3ccc(C)cc3)C2=O)c2ccccc21. The van der Waals surface area contributed by atoms with Gasteiger partial charge in [0.2, 0.25) is 5.91 Å². The monoisotopic (exact) mass is 489 g/mol. The Hall–Kier alpha value is -3.65. The fraction of sp³-hybridized carbons (Fsp3) is 0.259. The zero-order chi connectivity index (χ0) is 25.1. The van der Waals surface area contributed by atoms with Crippen molar-refractivity contribution in [2.75, 3.05) is 19.6 Å². The fourth-order valence-electron chi connectivity index (χ4n) is 4.09. The molecule has 8 heteroatoms. The number of hydrogen-bond acceptors (Lipinski definition) is 5. The number of benzene rings is 2. The third kappa shape index (κ3) is 5.07. The molecule has 1 saturated heterocycles. The lowest BCUT2D eigenvalue weighted by molar-refractivity contribution is -0.131. The number of carbonyl (C=O) groups excluding carboxylic acids is 4. The minimum atomic E-state index is -0.489. The van der Waals surface area contributed by atoms with Gasteiger partial charge in [0.25, 0.3) is 11.1 Å². The molecule has 0 N–H and O–H groups in total. The summed E-state index contributed by atoms with van der Waals surface area (Å²) in [7, 11) is 0. The summed E-state index contributed by atoms with van der Waals surface area (Å²) in [6.07, 6.45) is 3.50. The van der Waals surface area contributed by atoms with Crippen LogP contribution in [0.25, 0.3) is 17.0 Å². The van der Waals surface area contributed by atoms with Crippen LogP contribution in [0.2, 0.25) is 0 Å². The molecule has 0 bridgehead atoms. The van der Waals surface area contributed by atoms with E-state index in [-0.39, 0.29) is 29.7 Å². The molecule has 1 fully saturated rings. The van der Waals surface area contributed by atoms with Gasteiger partial charge < -0.3 is 9.47 Å². The number of rotatable bonds is 8. The molecule has 3 aromatic rings. The van der Waals surface area contributed by atoms with E-state index in [0.29, 0.717) is 18.7 Å². The topological polar surface area (TPSA) is 79.7 Å². The van der Waals surface area contributed by atoms with Crippen LogP contribution in [0.4, 0.5) is 4.79 Å². The molecule has 0 saturated carbocycles. The van der Waals surface area contributed by atoms with Crippen LogP contribution in [0.5, 0.6) is 0 Å². The number of aryl methyl sites for hydroxylation is 1. The Morgan fingerprint density at radius 3 is 2.34 bits per heavy atom. The molecular formula is C27H27N3O4S. The van der Waals surface area contributed by atoms with Gasteiger partial charge >= 0.3 is 0 Å². The van der Waals surface area contributed by atoms with Crippen molar-refractivity contribution in [1.29, 1.82) is 0 Å². The predicted octanol–water partition coefficient (Wildman–Crippen LogP) is 4.74. The lowest BCUT2D eigenvalue weighted by Gasteiger charge is -2.19. The number of aromatic nitrogens is 1. The van der Waals surface area contributed by atoms with Crippen LogP contribution in [-0.4, -0.2) is 56.8 Å². The molecule has 2 aromatic carbocycles. The maximum atomic E-state index is 13.0. The van der Waals surface area contributed by atoms with Crippen LogP contribution in [-0.2, 0) is 16.1 Å². The van der Waals surface area contributed by atoms with E-state index in [4.69, 9.17) is 0 Å². The number of Topliss-reactive ketones (excluding diaryl/α,β-unsaturated/α-hetero) is 1. The van der Waals surface area contributed by atoms with E-state index in [1.807, 2.05) is 67.9 Å². The van der Waals surface area contributed by atoms with Crippen molar-refractivity contribution in [1.82, 2.24) is 14.4 Å². The van der Waals surface area contributed by atoms with Gasteiger partial charge in [-0.25, -0.2) is 0 Å². The fourth-order valence-corrected chi connectivity index (χ4v) is 4.92. The number of amides is 3. The predicted molar refractivity (Wildman–Crippen MR) is 138 cm³/mol. The first-order chi connectivity index (χ1) is 16.8. The third-order valence-corrected chi connectivity index (χ3v) is 6.98. The number of para-hydroxylation sites is 1. The van der Waals surface area contributed by atoms with Gasteiger partial charge in [0.15, 0.2) is 5.78 Å². The van der Waals surface area contributed by atoms with E-state index in [2.05, 4.69) is 0 Å². The summed E-state index contributed by atoms with van der Waals surface area (Å²) in [5.74, 6) is -0.770. The summed E-state index contributed by atoms with van der Waals surface area (Å²) in [6.45, 7) is 6.96. The van der Waals surface area contributed by atoms with Gasteiger partial charge in [-0.2, -0.15) is 0 Å². The van der Waals surface area contributed by atoms with Crippen molar-refractivity contribution in [2.45, 2.75) is 27.3 Å². The number of hydrogen-bond donors (Lipinski definition) is 0. The molecule has 35 heavy (non-hydrogen) atoms. The number of carbonyl (C=O) groups is 4. The van der Waals surface area contributed by atoms with Crippen LogP contribution in [0.15, 0.2) is 59.6 Å². The summed E-state index contributed by atoms with van der Waals surface area (Å²) in [5, 5.41) is 0.407. The van der Waals surface area contributed by atoms with Crippen molar-refractivity contribution in [3.63, 3.8) is 0 Å². The van der Waals surface area contributed by atoms with Crippen molar-refractivity contribution in [3.05, 3.63) is 76.3 Å². The Labute approximate surface area is 208 Å². The highest BCUT2D eigenvalue weighted by atomic mass is 32.2. The first kappa shape index (κ1) is 24.5. The summed E-state index contributed by atoms with van der Waals surface area (Å²) >= 11 is 0.822. The lowest BCUT2D eigenvalue weighted by Crippen LogP contribution is -2.33. The highest BCUT2D eigenvalue weighted by Gasteiger charge is 2.36. The second kappa shape index (κ2) is 10.3. The van der Waals surface area contributed by atoms with Crippen molar-refractivity contribution >= 4 is 51.6 Å². The maximum Gasteiger partial charge on any atom is 0.293 e. The average molecular weight is 490 g/mol. The lowest BCUT2D eigenvalue weighted by atomic mass is 10.1. The Morgan fingerprint density at radius 1 is 0.971 bits per heavy atom. The van der Waals surface area contributed by atoms with Crippen LogP contribution >= 0.6 is 11.8 Å². The van der Waals surface area contributed by atoms with Crippen LogP contribution in [0.1, 0.15) is 35.3 Å². The highest BCUT2D eigenvalue weighted by molar-refractivity contribution is 8.18. The highest BCUT2D eigenvalue weighted by Crippen LogP contribution is 2.34. The zero-order valence-corrected chi connectivity index (χ0v) is 20.8. The molecule has 4 rings (SSSR count). The first-order valence-corrected chi connectivity index (χ1v) is 12.3. The van der Waals surface area contributed by atoms with E-state index < -0.39 is 11.1 Å². The van der Waals surface area contributed by atoms with Crippen molar-refractivity contribution in [2.24, 2.45) is 0 Å². The first-order valence-electron chi connectivity index (χ1n) is 11.5. The zero-order valence-electron chi connectivity index (χ0n) is 20.0. The standard InChI is InChI=1S/C27H27N3O4S/c1-4-28(5-2)25(32)17-29-15-20(21-8-6-7-9-22(21)29)14-24-26(33)30(27(34)35-24)16-23(31)19-12-10-18(3)11-13-19/h6-15H,4-5,16-17H2,1-3H3/b24-14-. The molecule has 0 aliphatic carbocycles. The molecule has 7 nitrogen and oxygen atoms in total. The molecule has 1 aliphatic heterocycles. The quantitative estimate of drug-likeness (QED) is 0.337. The molecule has 1 aliphatic rings. The number of fused-ring (bicyclic) bond motifs is 1. The largest absolute Gasteiger partial charge is 0.342 e. The number of nitrogens with zero attached hydrogens (tertiary/aromatic N) is 3. The molecule has 3 amide bonds. The van der Waals surface area contributed by atoms with Crippen LogP contribution in [0.3, 0.4) is 0 Å². The van der Waals surface area contributed by atoms with Gasteiger partial charge in [-0.05, 0) is 44.7 Å². The molecule has 0 atom stereocenters. The normalized spacial score (nSPS) is 14.8. The molecular weight excluding hydrogens is 462 g/mol. The van der Waals surface area contributed by atoms with Gasteiger partial charge in [-0.3, -0.25) is 24.1 Å². The molecule has 0 unspecified atom stereocenters. The molecule has 0 spiro atoms. The summed E-state index contributed by atoms with van der Waals surface area (Å²) in [6, 6.07) is 14.7. The van der Waals surface area contributed by atoms with Crippen molar-refractivity contribution < 1.29 is 19.2 Å². The van der Waals surface area contributed by atoms with Gasteiger partial charge in [0.1, 0.15) is 6.54 Å². The minimum Gasteiger partial charge on any atom is -0.342 e. The average Bonchev–Trinajstić information content (AvgIpc) is 3.32. The van der Waals surface area contributed by atoms with E-state index >= 15 is 0 Å². The van der Waals surface area contributed by atoms with Gasteiger partial charge in [-0.15, -0.1) is 0 Å². The van der Waals surface area contributed by atoms with Gasteiger partial charge in [-0.1, -0.05) is 48.0 Å². The second-order valence-electron chi connectivity index (χ2n) is 8.35.